The molecule has 1 saturated heterocycles. The molecule has 30 heavy (non-hydrogen) atoms. The van der Waals surface area contributed by atoms with Gasteiger partial charge in [0, 0.05) is 0 Å². The first kappa shape index (κ1) is 22.9. The molecule has 1 aliphatic rings. The van der Waals surface area contributed by atoms with Crippen molar-refractivity contribution in [2.24, 2.45) is 5.92 Å². The van der Waals surface area contributed by atoms with Crippen molar-refractivity contribution >= 4 is 27.4 Å². The van der Waals surface area contributed by atoms with E-state index in [-0.39, 0.29) is 16.5 Å². The Balaban J connectivity index is 1.78. The Bertz CT molecular complexity index is 1040. The first-order valence-corrected chi connectivity index (χ1v) is 11.9. The van der Waals surface area contributed by atoms with Gasteiger partial charge in [-0.25, -0.2) is 17.5 Å². The number of carbonyl (C=O) groups is 1. The molecule has 0 bridgehead atoms. The summed E-state index contributed by atoms with van der Waals surface area (Å²) in [6.45, 7) is 4.56. The summed E-state index contributed by atoms with van der Waals surface area (Å²) in [6, 6.07) is 10.4. The van der Waals surface area contributed by atoms with Crippen LogP contribution in [0.1, 0.15) is 35.7 Å². The number of carbonyl (C=O) groups excluding carboxylic acids is 1. The van der Waals surface area contributed by atoms with Crippen molar-refractivity contribution in [1.82, 2.24) is 10.0 Å². The number of nitrogens with one attached hydrogen (secondary N) is 2. The molecule has 0 spiro atoms. The lowest BCUT2D eigenvalue weighted by Crippen LogP contribution is -2.44. The molecule has 1 heterocycles. The monoisotopic (exact) mass is 452 g/mol. The number of halogens is 2. The highest BCUT2D eigenvalue weighted by Gasteiger charge is 2.31. The number of Topliss-reactive ketones (excluding diaryl/α,β-unsaturated/α-hetero) is 1. The number of ketones is 1. The van der Waals surface area contributed by atoms with Crippen molar-refractivity contribution in [2.45, 2.75) is 31.9 Å². The van der Waals surface area contributed by atoms with E-state index in [1.807, 2.05) is 31.2 Å². The Labute approximate surface area is 182 Å². The summed E-state index contributed by atoms with van der Waals surface area (Å²) in [6.07, 6.45) is 1.73. The van der Waals surface area contributed by atoms with Crippen molar-refractivity contribution in [3.05, 3.63) is 58.4 Å². The molecular formula is C22H26ClFN2O3S. The van der Waals surface area contributed by atoms with Gasteiger partial charge in [0.15, 0.2) is 11.6 Å². The molecule has 1 fully saturated rings. The third-order valence-corrected chi connectivity index (χ3v) is 7.79. The average molecular weight is 453 g/mol. The van der Waals surface area contributed by atoms with Crippen molar-refractivity contribution in [2.75, 3.05) is 19.6 Å². The van der Waals surface area contributed by atoms with Gasteiger partial charge in [0.05, 0.1) is 22.4 Å². The highest BCUT2D eigenvalue weighted by Crippen LogP contribution is 2.29. The van der Waals surface area contributed by atoms with E-state index >= 15 is 0 Å². The number of sulfonamides is 1. The lowest BCUT2D eigenvalue weighted by atomic mass is 9.97. The summed E-state index contributed by atoms with van der Waals surface area (Å²) >= 11 is 6.02. The van der Waals surface area contributed by atoms with E-state index in [2.05, 4.69) is 10.0 Å². The fraction of sp³-hybridized carbons (Fsp3) is 0.409. The fourth-order valence-corrected chi connectivity index (χ4v) is 5.26. The van der Waals surface area contributed by atoms with Crippen LogP contribution in [-0.2, 0) is 10.0 Å². The minimum absolute atomic E-state index is 0.0258. The normalized spacial score (nSPS) is 18.2. The molecule has 0 aliphatic carbocycles. The first-order chi connectivity index (χ1) is 14.2. The summed E-state index contributed by atoms with van der Waals surface area (Å²) in [4.78, 5) is 12.7. The Kier molecular flexibility index (Phi) is 7.29. The summed E-state index contributed by atoms with van der Waals surface area (Å²) < 4.78 is 42.2. The maximum absolute atomic E-state index is 14.6. The maximum Gasteiger partial charge on any atom is 0.214 e. The summed E-state index contributed by atoms with van der Waals surface area (Å²) in [7, 11) is -3.72. The first-order valence-electron chi connectivity index (χ1n) is 9.97. The Morgan fingerprint density at radius 1 is 1.30 bits per heavy atom. The minimum atomic E-state index is -3.72. The lowest BCUT2D eigenvalue weighted by Gasteiger charge is -2.28. The van der Waals surface area contributed by atoms with Gasteiger partial charge in [-0.2, -0.15) is 0 Å². The molecule has 162 valence electrons. The third kappa shape index (κ3) is 5.27. The van der Waals surface area contributed by atoms with Crippen LogP contribution in [0.4, 0.5) is 4.39 Å². The van der Waals surface area contributed by atoms with E-state index in [0.29, 0.717) is 12.1 Å². The zero-order valence-corrected chi connectivity index (χ0v) is 18.6. The van der Waals surface area contributed by atoms with Gasteiger partial charge in [-0.1, -0.05) is 41.4 Å². The van der Waals surface area contributed by atoms with Crippen molar-refractivity contribution in [3.8, 4) is 11.1 Å². The molecule has 8 heteroatoms. The molecule has 2 unspecified atom stereocenters. The molecule has 3 rings (SSSR count). The van der Waals surface area contributed by atoms with Gasteiger partial charge in [-0.05, 0) is 69.0 Å². The number of rotatable bonds is 7. The molecule has 2 N–H and O–H groups in total. The molecule has 2 atom stereocenters. The number of piperidine rings is 1. The number of hydrogen-bond donors (Lipinski definition) is 2. The van der Waals surface area contributed by atoms with Crippen LogP contribution in [0.2, 0.25) is 5.02 Å². The average Bonchev–Trinajstić information content (AvgIpc) is 2.74. The van der Waals surface area contributed by atoms with Gasteiger partial charge >= 0.3 is 0 Å². The van der Waals surface area contributed by atoms with Gasteiger partial charge < -0.3 is 5.32 Å². The van der Waals surface area contributed by atoms with Crippen LogP contribution in [0, 0.1) is 18.7 Å². The van der Waals surface area contributed by atoms with Crippen LogP contribution in [0.25, 0.3) is 11.1 Å². The second-order valence-electron chi connectivity index (χ2n) is 7.79. The minimum Gasteiger partial charge on any atom is -0.316 e. The standard InChI is InChI=1S/C22H26ClFN2O3S/c1-14-5-3-6-16(9-14)18-10-19(22(24)20(23)11-18)21(27)13-26-30(28,29)15(2)17-7-4-8-25-12-17/h3,5-6,9-11,15,17,25-26H,4,7-8,12-13H2,1-2H3. The number of benzene rings is 2. The zero-order chi connectivity index (χ0) is 21.9. The smallest absolute Gasteiger partial charge is 0.214 e. The summed E-state index contributed by atoms with van der Waals surface area (Å²) in [5.41, 5.74) is 2.18. The second-order valence-corrected chi connectivity index (χ2v) is 10.3. The van der Waals surface area contributed by atoms with Crippen LogP contribution in [0.15, 0.2) is 36.4 Å². The van der Waals surface area contributed by atoms with E-state index < -0.39 is 33.4 Å². The lowest BCUT2D eigenvalue weighted by molar-refractivity contribution is 0.0993. The van der Waals surface area contributed by atoms with Crippen LogP contribution in [-0.4, -0.2) is 39.1 Å². The fourth-order valence-electron chi connectivity index (χ4n) is 3.71. The summed E-state index contributed by atoms with van der Waals surface area (Å²) in [5.74, 6) is -1.54. The molecular weight excluding hydrogens is 427 g/mol. The Hall–Kier alpha value is -1.80. The third-order valence-electron chi connectivity index (χ3n) is 5.60. The van der Waals surface area contributed by atoms with E-state index in [0.717, 1.165) is 30.5 Å². The summed E-state index contributed by atoms with van der Waals surface area (Å²) in [5, 5.41) is 2.37. The molecule has 5 nitrogen and oxygen atoms in total. The van der Waals surface area contributed by atoms with Crippen LogP contribution in [0.3, 0.4) is 0 Å². The second kappa shape index (κ2) is 9.56. The van der Waals surface area contributed by atoms with Crippen LogP contribution < -0.4 is 10.0 Å². The molecule has 0 aromatic heterocycles. The van der Waals surface area contributed by atoms with Crippen LogP contribution >= 0.6 is 11.6 Å². The highest BCUT2D eigenvalue weighted by molar-refractivity contribution is 7.90. The largest absolute Gasteiger partial charge is 0.316 e. The van der Waals surface area contributed by atoms with Gasteiger partial charge in [0.1, 0.15) is 0 Å². The molecule has 0 amide bonds. The molecule has 2 aromatic carbocycles. The van der Waals surface area contributed by atoms with E-state index in [1.165, 1.54) is 12.1 Å². The van der Waals surface area contributed by atoms with Gasteiger partial charge in [0.2, 0.25) is 10.0 Å². The van der Waals surface area contributed by atoms with Crippen molar-refractivity contribution < 1.29 is 17.6 Å². The zero-order valence-electron chi connectivity index (χ0n) is 17.0. The quantitative estimate of drug-likeness (QED) is 0.624. The van der Waals surface area contributed by atoms with Crippen LogP contribution in [0.5, 0.6) is 0 Å². The van der Waals surface area contributed by atoms with Gasteiger partial charge in [0.25, 0.3) is 0 Å². The predicted molar refractivity (Wildman–Crippen MR) is 118 cm³/mol. The molecule has 1 aliphatic heterocycles. The highest BCUT2D eigenvalue weighted by atomic mass is 35.5. The molecule has 0 saturated carbocycles. The topological polar surface area (TPSA) is 75.3 Å². The Morgan fingerprint density at radius 3 is 2.73 bits per heavy atom. The number of aryl methyl sites for hydroxylation is 1. The molecule has 0 radical (unpaired) electrons. The predicted octanol–water partition coefficient (Wildman–Crippen LogP) is 3.94. The Morgan fingerprint density at radius 2 is 2.07 bits per heavy atom. The van der Waals surface area contributed by atoms with E-state index in [1.54, 1.807) is 6.92 Å². The van der Waals surface area contributed by atoms with Crippen molar-refractivity contribution in [1.29, 1.82) is 0 Å². The number of hydrogen-bond acceptors (Lipinski definition) is 4. The van der Waals surface area contributed by atoms with Gasteiger partial charge in [-0.15, -0.1) is 0 Å². The van der Waals surface area contributed by atoms with E-state index in [4.69, 9.17) is 11.6 Å². The van der Waals surface area contributed by atoms with Gasteiger partial charge in [-0.3, -0.25) is 4.79 Å². The maximum atomic E-state index is 14.6. The van der Waals surface area contributed by atoms with E-state index in [9.17, 15) is 17.6 Å². The van der Waals surface area contributed by atoms with Crippen molar-refractivity contribution in [3.63, 3.8) is 0 Å². The molecule has 2 aromatic rings. The SMILES string of the molecule is Cc1cccc(-c2cc(Cl)c(F)c(C(=O)CNS(=O)(=O)C(C)C3CCCNC3)c2)c1.